The van der Waals surface area contributed by atoms with Gasteiger partial charge in [0.15, 0.2) is 0 Å². The zero-order chi connectivity index (χ0) is 11.9. The molecular weight excluding hydrogens is 392 g/mol. The van der Waals surface area contributed by atoms with Gasteiger partial charge in [-0.1, -0.05) is 0 Å². The van der Waals surface area contributed by atoms with Gasteiger partial charge in [-0.3, -0.25) is 0 Å². The number of alkyl halides is 1. The third kappa shape index (κ3) is 2.56. The monoisotopic (exact) mass is 398 g/mol. The molecule has 0 saturated carbocycles. The molecule has 0 aliphatic rings. The first-order chi connectivity index (χ1) is 7.49. The van der Waals surface area contributed by atoms with Crippen LogP contribution in [0.4, 0.5) is 0 Å². The number of rotatable bonds is 2. The van der Waals surface area contributed by atoms with E-state index in [-0.39, 0.29) is 5.38 Å². The summed E-state index contributed by atoms with van der Waals surface area (Å²) in [6.07, 6.45) is 0. The molecule has 5 heteroatoms. The molecule has 1 unspecified atom stereocenters. The van der Waals surface area contributed by atoms with Crippen molar-refractivity contribution in [3.63, 3.8) is 0 Å². The van der Waals surface area contributed by atoms with E-state index in [0.29, 0.717) is 0 Å². The highest BCUT2D eigenvalue weighted by atomic mass is 79.9. The van der Waals surface area contributed by atoms with E-state index in [0.717, 1.165) is 3.79 Å². The Labute approximate surface area is 125 Å². The fraction of sp³-hybridized carbons (Fsp3) is 0.273. The van der Waals surface area contributed by atoms with E-state index in [9.17, 15) is 0 Å². The molecule has 0 saturated heterocycles. The summed E-state index contributed by atoms with van der Waals surface area (Å²) < 4.78 is 2.30. The molecule has 0 N–H and O–H groups in total. The van der Waals surface area contributed by atoms with E-state index < -0.39 is 0 Å². The first-order valence-electron chi connectivity index (χ1n) is 4.64. The summed E-state index contributed by atoms with van der Waals surface area (Å²) in [5.74, 6) is 0. The number of halogens is 3. The predicted octanol–water partition coefficient (Wildman–Crippen LogP) is 6.28. The van der Waals surface area contributed by atoms with Crippen LogP contribution in [0.25, 0.3) is 0 Å². The molecule has 0 aromatic carbocycles. The van der Waals surface area contributed by atoms with Crippen molar-refractivity contribution in [2.45, 2.75) is 19.2 Å². The average Bonchev–Trinajstić information content (AvgIpc) is 2.70. The summed E-state index contributed by atoms with van der Waals surface area (Å²) in [5.41, 5.74) is 2.45. The maximum absolute atomic E-state index is 6.51. The third-order valence-corrected chi connectivity index (χ3v) is 6.70. The third-order valence-electron chi connectivity index (χ3n) is 2.33. The zero-order valence-electron chi connectivity index (χ0n) is 8.68. The molecule has 86 valence electrons. The number of aryl methyl sites for hydroxylation is 2. The first kappa shape index (κ1) is 13.1. The van der Waals surface area contributed by atoms with Crippen molar-refractivity contribution in [2.24, 2.45) is 0 Å². The Morgan fingerprint density at radius 3 is 2.31 bits per heavy atom. The Morgan fingerprint density at radius 2 is 1.88 bits per heavy atom. The number of hydrogen-bond donors (Lipinski definition) is 0. The lowest BCUT2D eigenvalue weighted by Crippen LogP contribution is -1.89. The highest BCUT2D eigenvalue weighted by molar-refractivity contribution is 9.11. The van der Waals surface area contributed by atoms with E-state index in [4.69, 9.17) is 11.6 Å². The number of thiophene rings is 2. The molecular formula is C11H9Br2ClS2. The van der Waals surface area contributed by atoms with Gasteiger partial charge in [0.25, 0.3) is 0 Å². The molecule has 0 radical (unpaired) electrons. The predicted molar refractivity (Wildman–Crippen MR) is 81.2 cm³/mol. The highest BCUT2D eigenvalue weighted by Crippen LogP contribution is 2.41. The van der Waals surface area contributed by atoms with Crippen LogP contribution in [0.15, 0.2) is 19.7 Å². The Kier molecular flexibility index (Phi) is 4.18. The van der Waals surface area contributed by atoms with Gasteiger partial charge in [0.1, 0.15) is 0 Å². The highest BCUT2D eigenvalue weighted by Gasteiger charge is 2.18. The van der Waals surface area contributed by atoms with Crippen molar-refractivity contribution in [1.82, 2.24) is 0 Å². The van der Waals surface area contributed by atoms with Crippen molar-refractivity contribution in [3.05, 3.63) is 40.6 Å². The van der Waals surface area contributed by atoms with Crippen LogP contribution in [0, 0.1) is 13.8 Å². The van der Waals surface area contributed by atoms with Crippen molar-refractivity contribution >= 4 is 66.1 Å². The van der Waals surface area contributed by atoms with Crippen LogP contribution in [-0.2, 0) is 0 Å². The minimum atomic E-state index is -0.0439. The zero-order valence-corrected chi connectivity index (χ0v) is 14.2. The lowest BCUT2D eigenvalue weighted by atomic mass is 10.1. The lowest BCUT2D eigenvalue weighted by molar-refractivity contribution is 1.17. The molecule has 16 heavy (non-hydrogen) atoms. The normalized spacial score (nSPS) is 13.1. The van der Waals surface area contributed by atoms with E-state index in [1.807, 2.05) is 0 Å². The van der Waals surface area contributed by atoms with Gasteiger partial charge in [-0.2, -0.15) is 0 Å². The second-order valence-electron chi connectivity index (χ2n) is 3.53. The molecule has 2 aromatic heterocycles. The van der Waals surface area contributed by atoms with Crippen molar-refractivity contribution < 1.29 is 0 Å². The van der Waals surface area contributed by atoms with Crippen molar-refractivity contribution in [1.29, 1.82) is 0 Å². The average molecular weight is 401 g/mol. The van der Waals surface area contributed by atoms with Gasteiger partial charge in [-0.15, -0.1) is 34.3 Å². The largest absolute Gasteiger partial charge is 0.133 e. The van der Waals surface area contributed by atoms with E-state index >= 15 is 0 Å². The molecule has 0 aliphatic carbocycles. The Morgan fingerprint density at radius 1 is 1.19 bits per heavy atom. The van der Waals surface area contributed by atoms with Crippen LogP contribution < -0.4 is 0 Å². The molecule has 0 nitrogen and oxygen atoms in total. The van der Waals surface area contributed by atoms with Crippen LogP contribution in [0.2, 0.25) is 0 Å². The van der Waals surface area contributed by atoms with E-state index in [1.54, 1.807) is 22.7 Å². The molecule has 2 heterocycles. The maximum atomic E-state index is 6.51. The summed E-state index contributed by atoms with van der Waals surface area (Å²) in [7, 11) is 0. The van der Waals surface area contributed by atoms with Gasteiger partial charge in [-0.25, -0.2) is 0 Å². The molecule has 0 fully saturated rings. The van der Waals surface area contributed by atoms with Gasteiger partial charge in [0.2, 0.25) is 0 Å². The van der Waals surface area contributed by atoms with E-state index in [2.05, 4.69) is 57.8 Å². The molecule has 0 amide bonds. The fourth-order valence-electron chi connectivity index (χ4n) is 1.47. The van der Waals surface area contributed by atoms with Crippen LogP contribution in [0.3, 0.4) is 0 Å². The smallest absolute Gasteiger partial charge is 0.0939 e. The quantitative estimate of drug-likeness (QED) is 0.521. The Balaban J connectivity index is 2.38. The lowest BCUT2D eigenvalue weighted by Gasteiger charge is -2.05. The summed E-state index contributed by atoms with van der Waals surface area (Å²) in [6.45, 7) is 4.19. The van der Waals surface area contributed by atoms with Crippen molar-refractivity contribution in [3.8, 4) is 0 Å². The maximum Gasteiger partial charge on any atom is 0.0939 e. The second kappa shape index (κ2) is 5.11. The molecule has 1 atom stereocenters. The first-order valence-corrected chi connectivity index (χ1v) is 8.30. The van der Waals surface area contributed by atoms with Gasteiger partial charge < -0.3 is 0 Å². The van der Waals surface area contributed by atoms with E-state index in [1.165, 1.54) is 24.7 Å². The minimum Gasteiger partial charge on any atom is -0.133 e. The molecule has 2 aromatic rings. The van der Waals surface area contributed by atoms with Gasteiger partial charge >= 0.3 is 0 Å². The fourth-order valence-corrected chi connectivity index (χ4v) is 5.28. The molecule has 2 rings (SSSR count). The Hall–Kier alpha value is 0.650. The van der Waals surface area contributed by atoms with Crippen LogP contribution in [0.1, 0.15) is 26.3 Å². The SMILES string of the molecule is Cc1cc(C(Cl)c2cc(Br)sc2C)sc1Br. The van der Waals surface area contributed by atoms with Gasteiger partial charge in [0, 0.05) is 9.75 Å². The summed E-state index contributed by atoms with van der Waals surface area (Å²) in [6, 6.07) is 4.26. The molecule has 0 spiro atoms. The number of hydrogen-bond acceptors (Lipinski definition) is 2. The topological polar surface area (TPSA) is 0 Å². The summed E-state index contributed by atoms with van der Waals surface area (Å²) in [5, 5.41) is -0.0439. The summed E-state index contributed by atoms with van der Waals surface area (Å²) >= 11 is 17.0. The Bertz CT molecular complexity index is 497. The second-order valence-corrected chi connectivity index (χ2v) is 9.00. The van der Waals surface area contributed by atoms with Crippen LogP contribution in [0.5, 0.6) is 0 Å². The molecule has 0 aliphatic heterocycles. The van der Waals surface area contributed by atoms with Crippen LogP contribution >= 0.6 is 66.1 Å². The van der Waals surface area contributed by atoms with Crippen molar-refractivity contribution in [2.75, 3.05) is 0 Å². The standard InChI is InChI=1S/C11H9Br2ClS2/c1-5-3-8(16-11(5)13)10(14)7-4-9(12)15-6(7)2/h3-4,10H,1-2H3. The van der Waals surface area contributed by atoms with Gasteiger partial charge in [-0.05, 0) is 69.0 Å². The van der Waals surface area contributed by atoms with Gasteiger partial charge in [0.05, 0.1) is 12.9 Å². The van der Waals surface area contributed by atoms with Crippen LogP contribution in [-0.4, -0.2) is 0 Å². The minimum absolute atomic E-state index is 0.0439. The summed E-state index contributed by atoms with van der Waals surface area (Å²) in [4.78, 5) is 2.47. The molecule has 0 bridgehead atoms.